The fourth-order valence-corrected chi connectivity index (χ4v) is 1.28. The van der Waals surface area contributed by atoms with Gasteiger partial charge in [0.25, 0.3) is 0 Å². The highest BCUT2D eigenvalue weighted by Gasteiger charge is 1.97. The molecule has 0 spiro atoms. The van der Waals surface area contributed by atoms with E-state index < -0.39 is 0 Å². The molecule has 100 valence electrons. The molecule has 0 aliphatic rings. The minimum absolute atomic E-state index is 0. The molecule has 0 unspecified atom stereocenters. The number of rotatable bonds is 5. The highest BCUT2D eigenvalue weighted by molar-refractivity contribution is 5.73. The minimum atomic E-state index is -0.253. The summed E-state index contributed by atoms with van der Waals surface area (Å²) in [7, 11) is 0. The maximum atomic E-state index is 10.5. The Morgan fingerprint density at radius 1 is 1.06 bits per heavy atom. The molecule has 0 radical (unpaired) electrons. The molecule has 3 heteroatoms. The van der Waals surface area contributed by atoms with Crippen LogP contribution in [0, 0.1) is 0 Å². The van der Waals surface area contributed by atoms with Crippen LogP contribution in [0.1, 0.15) is 46.2 Å². The molecule has 0 aliphatic carbocycles. The van der Waals surface area contributed by atoms with Gasteiger partial charge in [0.2, 0.25) is 5.91 Å². The lowest BCUT2D eigenvalue weighted by atomic mass is 10.1. The molecular formula is C14H27NO2. The van der Waals surface area contributed by atoms with Crippen LogP contribution >= 0.6 is 0 Å². The molecule has 0 heterocycles. The van der Waals surface area contributed by atoms with Gasteiger partial charge in [-0.25, -0.2) is 0 Å². The SMILES string of the molecule is C.C.C.NC(=O)CCCc1ccc(CO)cc1. The van der Waals surface area contributed by atoms with E-state index in [0.717, 1.165) is 18.4 Å². The second-order valence-electron chi connectivity index (χ2n) is 3.29. The first-order chi connectivity index (χ1) is 6.72. The van der Waals surface area contributed by atoms with Gasteiger partial charge < -0.3 is 10.8 Å². The second kappa shape index (κ2) is 11.1. The maximum absolute atomic E-state index is 10.5. The van der Waals surface area contributed by atoms with E-state index in [4.69, 9.17) is 10.8 Å². The first-order valence-electron chi connectivity index (χ1n) is 4.69. The van der Waals surface area contributed by atoms with E-state index in [9.17, 15) is 4.79 Å². The molecular weight excluding hydrogens is 214 g/mol. The van der Waals surface area contributed by atoms with Crippen molar-refractivity contribution in [1.82, 2.24) is 0 Å². The van der Waals surface area contributed by atoms with Crippen LogP contribution in [0.5, 0.6) is 0 Å². The summed E-state index contributed by atoms with van der Waals surface area (Å²) < 4.78 is 0. The van der Waals surface area contributed by atoms with Gasteiger partial charge in [0.15, 0.2) is 0 Å². The average molecular weight is 241 g/mol. The number of hydrogen-bond donors (Lipinski definition) is 2. The van der Waals surface area contributed by atoms with Crippen molar-refractivity contribution in [2.45, 2.75) is 48.1 Å². The number of amides is 1. The van der Waals surface area contributed by atoms with E-state index in [1.165, 1.54) is 5.56 Å². The topological polar surface area (TPSA) is 63.3 Å². The molecule has 1 aromatic rings. The van der Waals surface area contributed by atoms with Crippen LogP contribution in [0.15, 0.2) is 24.3 Å². The summed E-state index contributed by atoms with van der Waals surface area (Å²) in [6, 6.07) is 7.71. The number of hydrogen-bond acceptors (Lipinski definition) is 2. The molecule has 17 heavy (non-hydrogen) atoms. The predicted molar refractivity (Wildman–Crippen MR) is 74.7 cm³/mol. The Bertz CT molecular complexity index is 294. The third kappa shape index (κ3) is 8.46. The van der Waals surface area contributed by atoms with Gasteiger partial charge in [0.05, 0.1) is 6.61 Å². The molecule has 0 saturated carbocycles. The Labute approximate surface area is 106 Å². The molecule has 1 aromatic carbocycles. The van der Waals surface area contributed by atoms with Gasteiger partial charge in [-0.2, -0.15) is 0 Å². The van der Waals surface area contributed by atoms with Crippen molar-refractivity contribution in [2.75, 3.05) is 0 Å². The number of aryl methyl sites for hydroxylation is 1. The van der Waals surface area contributed by atoms with Crippen LogP contribution in [-0.4, -0.2) is 11.0 Å². The standard InChI is InChI=1S/C11H15NO2.3CH4/c12-11(14)3-1-2-9-4-6-10(8-13)7-5-9;;;/h4-7,13H,1-3,8H2,(H2,12,14);3*1H4. The molecule has 0 aliphatic heterocycles. The van der Waals surface area contributed by atoms with Crippen LogP contribution in [0.2, 0.25) is 0 Å². The second-order valence-corrected chi connectivity index (χ2v) is 3.29. The van der Waals surface area contributed by atoms with Crippen LogP contribution in [-0.2, 0) is 17.8 Å². The smallest absolute Gasteiger partial charge is 0.217 e. The van der Waals surface area contributed by atoms with Gasteiger partial charge in [0.1, 0.15) is 0 Å². The van der Waals surface area contributed by atoms with E-state index in [2.05, 4.69) is 0 Å². The van der Waals surface area contributed by atoms with Crippen molar-refractivity contribution >= 4 is 5.91 Å². The van der Waals surface area contributed by atoms with Crippen molar-refractivity contribution in [2.24, 2.45) is 5.73 Å². The van der Waals surface area contributed by atoms with Gasteiger partial charge in [0, 0.05) is 6.42 Å². The Morgan fingerprint density at radius 3 is 1.94 bits per heavy atom. The zero-order valence-corrected chi connectivity index (χ0v) is 8.07. The fraction of sp³-hybridized carbons (Fsp3) is 0.500. The summed E-state index contributed by atoms with van der Waals surface area (Å²) in [5, 5.41) is 8.82. The third-order valence-electron chi connectivity index (χ3n) is 2.09. The van der Waals surface area contributed by atoms with Gasteiger partial charge in [-0.3, -0.25) is 4.79 Å². The van der Waals surface area contributed by atoms with Gasteiger partial charge >= 0.3 is 0 Å². The zero-order valence-electron chi connectivity index (χ0n) is 8.07. The van der Waals surface area contributed by atoms with Gasteiger partial charge in [-0.1, -0.05) is 46.5 Å². The summed E-state index contributed by atoms with van der Waals surface area (Å²) in [5.41, 5.74) is 7.11. The number of benzene rings is 1. The molecule has 3 N–H and O–H groups in total. The molecule has 1 rings (SSSR count). The lowest BCUT2D eigenvalue weighted by Crippen LogP contribution is -2.10. The molecule has 0 bridgehead atoms. The Morgan fingerprint density at radius 2 is 1.53 bits per heavy atom. The van der Waals surface area contributed by atoms with Crippen LogP contribution in [0.4, 0.5) is 0 Å². The third-order valence-corrected chi connectivity index (χ3v) is 2.09. The molecule has 3 nitrogen and oxygen atoms in total. The van der Waals surface area contributed by atoms with Crippen molar-refractivity contribution in [3.63, 3.8) is 0 Å². The number of carbonyl (C=O) groups excluding carboxylic acids is 1. The molecule has 0 saturated heterocycles. The van der Waals surface area contributed by atoms with E-state index in [1.807, 2.05) is 24.3 Å². The Hall–Kier alpha value is -1.35. The number of nitrogens with two attached hydrogens (primary N) is 1. The summed E-state index contributed by atoms with van der Waals surface area (Å²) in [6.07, 6.45) is 2.07. The maximum Gasteiger partial charge on any atom is 0.217 e. The first kappa shape index (κ1) is 21.0. The van der Waals surface area contributed by atoms with Gasteiger partial charge in [-0.05, 0) is 24.0 Å². The Kier molecular flexibility index (Phi) is 13.8. The monoisotopic (exact) mass is 241 g/mol. The first-order valence-corrected chi connectivity index (χ1v) is 4.69. The van der Waals surface area contributed by atoms with Crippen molar-refractivity contribution < 1.29 is 9.90 Å². The number of aliphatic hydroxyl groups is 1. The van der Waals surface area contributed by atoms with Crippen LogP contribution in [0.25, 0.3) is 0 Å². The summed E-state index contributed by atoms with van der Waals surface area (Å²) in [5.74, 6) is -0.253. The van der Waals surface area contributed by atoms with Gasteiger partial charge in [-0.15, -0.1) is 0 Å². The summed E-state index contributed by atoms with van der Waals surface area (Å²) in [4.78, 5) is 10.5. The van der Waals surface area contributed by atoms with E-state index >= 15 is 0 Å². The lowest BCUT2D eigenvalue weighted by Gasteiger charge is -2.01. The average Bonchev–Trinajstić information content (AvgIpc) is 2.18. The van der Waals surface area contributed by atoms with Crippen molar-refractivity contribution in [3.05, 3.63) is 35.4 Å². The fourth-order valence-electron chi connectivity index (χ4n) is 1.28. The summed E-state index contributed by atoms with van der Waals surface area (Å²) in [6.45, 7) is 0.0710. The number of aliphatic hydroxyl groups excluding tert-OH is 1. The van der Waals surface area contributed by atoms with E-state index in [0.29, 0.717) is 6.42 Å². The molecule has 0 atom stereocenters. The van der Waals surface area contributed by atoms with Crippen molar-refractivity contribution in [1.29, 1.82) is 0 Å². The molecule has 0 fully saturated rings. The normalized spacial score (nSPS) is 8.29. The van der Waals surface area contributed by atoms with Crippen molar-refractivity contribution in [3.8, 4) is 0 Å². The summed E-state index contributed by atoms with van der Waals surface area (Å²) >= 11 is 0. The minimum Gasteiger partial charge on any atom is -0.392 e. The zero-order chi connectivity index (χ0) is 10.4. The predicted octanol–water partition coefficient (Wildman–Crippen LogP) is 2.90. The van der Waals surface area contributed by atoms with Crippen LogP contribution < -0.4 is 5.73 Å². The number of primary amides is 1. The largest absolute Gasteiger partial charge is 0.392 e. The lowest BCUT2D eigenvalue weighted by molar-refractivity contribution is -0.118. The highest BCUT2D eigenvalue weighted by Crippen LogP contribution is 2.07. The van der Waals surface area contributed by atoms with Crippen LogP contribution in [0.3, 0.4) is 0 Å². The molecule has 0 aromatic heterocycles. The quantitative estimate of drug-likeness (QED) is 0.832. The highest BCUT2D eigenvalue weighted by atomic mass is 16.3. The van der Waals surface area contributed by atoms with E-state index in [1.54, 1.807) is 0 Å². The van der Waals surface area contributed by atoms with E-state index in [-0.39, 0.29) is 34.8 Å². The number of carbonyl (C=O) groups is 1. The molecule has 1 amide bonds. The Balaban J connectivity index is -0.000000653.